The van der Waals surface area contributed by atoms with Gasteiger partial charge in [-0.2, -0.15) is 5.10 Å². The van der Waals surface area contributed by atoms with Gasteiger partial charge < -0.3 is 19.6 Å². The van der Waals surface area contributed by atoms with Crippen LogP contribution < -0.4 is 15.5 Å². The third-order valence-corrected chi connectivity index (χ3v) is 3.22. The monoisotopic (exact) mass is 319 g/mol. The Balaban J connectivity index is 2.34. The van der Waals surface area contributed by atoms with E-state index in [4.69, 9.17) is 21.4 Å². The maximum atomic E-state index is 10.2. The van der Waals surface area contributed by atoms with Crippen LogP contribution in [0.4, 0.5) is 0 Å². The molecule has 116 valence electrons. The van der Waals surface area contributed by atoms with Crippen molar-refractivity contribution in [2.45, 2.75) is 6.92 Å². The number of hydrogen-bond donors (Lipinski definition) is 3. The summed E-state index contributed by atoms with van der Waals surface area (Å²) in [6.45, 7) is 5.87. The molecule has 0 atom stereocenters. The molecule has 0 amide bonds. The molecule has 0 aliphatic rings. The van der Waals surface area contributed by atoms with E-state index < -0.39 is 0 Å². The first-order chi connectivity index (χ1) is 10.6. The number of thiocarbonyl (C=S) groups is 1. The summed E-state index contributed by atoms with van der Waals surface area (Å²) in [6, 6.07) is 3.30. The molecule has 1 heterocycles. The van der Waals surface area contributed by atoms with E-state index in [-0.39, 0.29) is 5.75 Å². The van der Waals surface area contributed by atoms with E-state index in [0.717, 1.165) is 5.39 Å². The highest BCUT2D eigenvalue weighted by molar-refractivity contribution is 7.80. The second-order valence-electron chi connectivity index (χ2n) is 4.44. The predicted octanol–water partition coefficient (Wildman–Crippen LogP) is 2.52. The van der Waals surface area contributed by atoms with Crippen LogP contribution in [-0.4, -0.2) is 29.6 Å². The average Bonchev–Trinajstić information content (AvgIpc) is 2.96. The van der Waals surface area contributed by atoms with E-state index >= 15 is 0 Å². The normalized spacial score (nSPS) is 11.3. The molecule has 1 aromatic carbocycles. The third-order valence-electron chi connectivity index (χ3n) is 2.99. The van der Waals surface area contributed by atoms with Crippen molar-refractivity contribution < 1.29 is 14.3 Å². The molecule has 0 saturated carbocycles. The Bertz CT molecular complexity index is 737. The first-order valence-electron chi connectivity index (χ1n) is 6.55. The van der Waals surface area contributed by atoms with E-state index in [9.17, 15) is 5.11 Å². The van der Waals surface area contributed by atoms with E-state index in [2.05, 4.69) is 22.4 Å². The van der Waals surface area contributed by atoms with Crippen molar-refractivity contribution in [1.29, 1.82) is 0 Å². The van der Waals surface area contributed by atoms with Gasteiger partial charge in [0.1, 0.15) is 17.1 Å². The van der Waals surface area contributed by atoms with Crippen LogP contribution >= 0.6 is 12.2 Å². The van der Waals surface area contributed by atoms with Crippen LogP contribution in [0, 0.1) is 0 Å². The minimum absolute atomic E-state index is 0.0207. The smallest absolute Gasteiger partial charge is 0.187 e. The van der Waals surface area contributed by atoms with Crippen molar-refractivity contribution in [1.82, 2.24) is 10.7 Å². The maximum Gasteiger partial charge on any atom is 0.187 e. The summed E-state index contributed by atoms with van der Waals surface area (Å²) in [4.78, 5) is 0. The summed E-state index contributed by atoms with van der Waals surface area (Å²) in [5.41, 5.74) is 4.26. The van der Waals surface area contributed by atoms with E-state index in [1.54, 1.807) is 19.1 Å². The van der Waals surface area contributed by atoms with Crippen molar-refractivity contribution >= 4 is 34.0 Å². The molecule has 0 saturated heterocycles. The Hall–Kier alpha value is -2.54. The quantitative estimate of drug-likeness (QED) is 0.340. The maximum absolute atomic E-state index is 10.2. The molecule has 22 heavy (non-hydrogen) atoms. The number of nitrogens with one attached hydrogen (secondary N) is 2. The van der Waals surface area contributed by atoms with Gasteiger partial charge in [-0.25, -0.2) is 0 Å². The minimum atomic E-state index is 0.0207. The summed E-state index contributed by atoms with van der Waals surface area (Å²) >= 11 is 5.06. The zero-order chi connectivity index (χ0) is 16.1. The van der Waals surface area contributed by atoms with Gasteiger partial charge >= 0.3 is 0 Å². The number of phenols is 1. The first-order valence-corrected chi connectivity index (χ1v) is 6.95. The first kappa shape index (κ1) is 15.8. The largest absolute Gasteiger partial charge is 0.507 e. The molecular weight excluding hydrogens is 302 g/mol. The molecule has 0 radical (unpaired) electrons. The van der Waals surface area contributed by atoms with Crippen LogP contribution in [0.5, 0.6) is 11.5 Å². The number of furan rings is 1. The summed E-state index contributed by atoms with van der Waals surface area (Å²) < 4.78 is 10.7. The fourth-order valence-corrected chi connectivity index (χ4v) is 2.15. The Morgan fingerprint density at radius 1 is 1.59 bits per heavy atom. The van der Waals surface area contributed by atoms with E-state index in [1.165, 1.54) is 19.4 Å². The standard InChI is InChI=1S/C15H17N3O3S/c1-4-6-16-15(22)18-17-9(2)13-11(19)8-12-10(5-7-21-12)14(13)20-3/h4-5,7-8,19H,1,6H2,2-3H3,(H2,16,18,22)/b17-9+. The highest BCUT2D eigenvalue weighted by Crippen LogP contribution is 2.37. The number of rotatable bonds is 5. The summed E-state index contributed by atoms with van der Waals surface area (Å²) in [7, 11) is 1.53. The molecule has 0 bridgehead atoms. The summed E-state index contributed by atoms with van der Waals surface area (Å²) in [5.74, 6) is 0.518. The van der Waals surface area contributed by atoms with Crippen molar-refractivity contribution in [3.63, 3.8) is 0 Å². The van der Waals surface area contributed by atoms with Gasteiger partial charge in [-0.15, -0.1) is 6.58 Å². The van der Waals surface area contributed by atoms with Crippen molar-refractivity contribution in [2.24, 2.45) is 5.10 Å². The lowest BCUT2D eigenvalue weighted by Crippen LogP contribution is -2.32. The number of hydrogen-bond acceptors (Lipinski definition) is 5. The Morgan fingerprint density at radius 2 is 2.36 bits per heavy atom. The van der Waals surface area contributed by atoms with Gasteiger partial charge in [0, 0.05) is 12.6 Å². The van der Waals surface area contributed by atoms with Crippen molar-refractivity contribution in [2.75, 3.05) is 13.7 Å². The molecular formula is C15H17N3O3S. The molecule has 0 aliphatic carbocycles. The second kappa shape index (κ2) is 6.95. The SMILES string of the molecule is C=CCNC(=S)N/N=C(\C)c1c(O)cc2occc2c1OC. The molecule has 0 aliphatic heterocycles. The van der Waals surface area contributed by atoms with E-state index in [0.29, 0.717) is 34.3 Å². The molecule has 3 N–H and O–H groups in total. The Kier molecular flexibility index (Phi) is 5.00. The highest BCUT2D eigenvalue weighted by atomic mass is 32.1. The number of methoxy groups -OCH3 is 1. The predicted molar refractivity (Wildman–Crippen MR) is 90.6 cm³/mol. The number of fused-ring (bicyclic) bond motifs is 1. The lowest BCUT2D eigenvalue weighted by atomic mass is 10.1. The lowest BCUT2D eigenvalue weighted by molar-refractivity contribution is 0.411. The fraction of sp³-hybridized carbons (Fsp3) is 0.200. The Labute approximate surface area is 133 Å². The third kappa shape index (κ3) is 3.20. The zero-order valence-corrected chi connectivity index (χ0v) is 13.2. The van der Waals surface area contributed by atoms with Gasteiger partial charge in [0.05, 0.1) is 30.0 Å². The average molecular weight is 319 g/mol. The van der Waals surface area contributed by atoms with Crippen LogP contribution in [0.25, 0.3) is 11.0 Å². The number of hydrazone groups is 1. The highest BCUT2D eigenvalue weighted by Gasteiger charge is 2.18. The van der Waals surface area contributed by atoms with Gasteiger partial charge in [-0.3, -0.25) is 5.43 Å². The summed E-state index contributed by atoms with van der Waals surface area (Å²) in [5, 5.41) is 18.4. The molecule has 7 heteroatoms. The number of phenolic OH excluding ortho intramolecular Hbond substituents is 1. The molecule has 0 unspecified atom stereocenters. The molecule has 2 aromatic rings. The lowest BCUT2D eigenvalue weighted by Gasteiger charge is -2.12. The van der Waals surface area contributed by atoms with Crippen molar-refractivity contribution in [3.8, 4) is 11.5 Å². The second-order valence-corrected chi connectivity index (χ2v) is 4.85. The molecule has 1 aromatic heterocycles. The number of aromatic hydroxyl groups is 1. The summed E-state index contributed by atoms with van der Waals surface area (Å²) in [6.07, 6.45) is 3.22. The van der Waals surface area contributed by atoms with Gasteiger partial charge in [0.25, 0.3) is 0 Å². The van der Waals surface area contributed by atoms with E-state index in [1.807, 2.05) is 0 Å². The van der Waals surface area contributed by atoms with Gasteiger partial charge in [0.15, 0.2) is 5.11 Å². The fourth-order valence-electron chi connectivity index (χ4n) is 2.02. The van der Waals surface area contributed by atoms with Crippen LogP contribution in [0.3, 0.4) is 0 Å². The van der Waals surface area contributed by atoms with Gasteiger partial charge in [-0.1, -0.05) is 6.08 Å². The molecule has 0 fully saturated rings. The number of nitrogens with zero attached hydrogens (tertiary/aromatic N) is 1. The zero-order valence-electron chi connectivity index (χ0n) is 12.3. The molecule has 0 spiro atoms. The molecule has 2 rings (SSSR count). The van der Waals surface area contributed by atoms with Gasteiger partial charge in [-0.05, 0) is 25.2 Å². The number of ether oxygens (including phenoxy) is 1. The van der Waals surface area contributed by atoms with Gasteiger partial charge in [0.2, 0.25) is 0 Å². The van der Waals surface area contributed by atoms with Crippen molar-refractivity contribution in [3.05, 3.63) is 36.6 Å². The topological polar surface area (TPSA) is 79.0 Å². The van der Waals surface area contributed by atoms with Crippen LogP contribution in [0.2, 0.25) is 0 Å². The minimum Gasteiger partial charge on any atom is -0.507 e. The van der Waals surface area contributed by atoms with Crippen LogP contribution in [-0.2, 0) is 0 Å². The Morgan fingerprint density at radius 3 is 3.05 bits per heavy atom. The van der Waals surface area contributed by atoms with Crippen LogP contribution in [0.1, 0.15) is 12.5 Å². The number of benzene rings is 1. The van der Waals surface area contributed by atoms with Crippen LogP contribution in [0.15, 0.2) is 40.6 Å². The molecule has 6 nitrogen and oxygen atoms in total.